The maximum atomic E-state index is 12.1. The van der Waals surface area contributed by atoms with E-state index in [1.165, 1.54) is 11.8 Å². The van der Waals surface area contributed by atoms with Crippen LogP contribution >= 0.6 is 27.7 Å². The lowest BCUT2D eigenvalue weighted by atomic mass is 10.2. The van der Waals surface area contributed by atoms with E-state index in [2.05, 4.69) is 36.3 Å². The summed E-state index contributed by atoms with van der Waals surface area (Å²) in [7, 11) is 0. The third kappa shape index (κ3) is 3.76. The van der Waals surface area contributed by atoms with Crippen LogP contribution in [0.2, 0.25) is 0 Å². The zero-order valence-corrected chi connectivity index (χ0v) is 15.9. The minimum atomic E-state index is -0.0925. The number of aryl methyl sites for hydroxylation is 3. The number of hydrogen-bond acceptors (Lipinski definition) is 5. The van der Waals surface area contributed by atoms with Crippen LogP contribution < -0.4 is 5.32 Å². The van der Waals surface area contributed by atoms with Gasteiger partial charge in [0.2, 0.25) is 11.1 Å². The van der Waals surface area contributed by atoms with Crippen LogP contribution in [0.25, 0.3) is 5.78 Å². The minimum Gasteiger partial charge on any atom is -0.325 e. The molecule has 0 aliphatic rings. The Morgan fingerprint density at radius 1 is 1.25 bits per heavy atom. The molecule has 0 bridgehead atoms. The van der Waals surface area contributed by atoms with Crippen LogP contribution in [0, 0.1) is 20.8 Å². The van der Waals surface area contributed by atoms with Crippen molar-refractivity contribution in [1.82, 2.24) is 19.6 Å². The average Bonchev–Trinajstić information content (AvgIpc) is 2.91. The average molecular weight is 406 g/mol. The number of nitrogens with one attached hydrogen (secondary N) is 1. The van der Waals surface area contributed by atoms with Gasteiger partial charge in [-0.05, 0) is 50.6 Å². The summed E-state index contributed by atoms with van der Waals surface area (Å²) < 4.78 is 2.67. The van der Waals surface area contributed by atoms with Crippen molar-refractivity contribution in [3.8, 4) is 0 Å². The molecule has 2 heterocycles. The molecule has 0 spiro atoms. The Balaban J connectivity index is 1.67. The van der Waals surface area contributed by atoms with E-state index in [0.717, 1.165) is 27.1 Å². The zero-order chi connectivity index (χ0) is 17.3. The SMILES string of the molecule is Cc1cc(C)n2nc(SCC(=O)Nc3ccc(Br)cc3C)nc2n1. The Morgan fingerprint density at radius 3 is 2.79 bits per heavy atom. The summed E-state index contributed by atoms with van der Waals surface area (Å²) in [6, 6.07) is 7.68. The lowest BCUT2D eigenvalue weighted by Gasteiger charge is -2.07. The number of fused-ring (bicyclic) bond motifs is 1. The topological polar surface area (TPSA) is 72.2 Å². The number of rotatable bonds is 4. The van der Waals surface area contributed by atoms with E-state index in [9.17, 15) is 4.79 Å². The Hall–Kier alpha value is -1.93. The van der Waals surface area contributed by atoms with Crippen molar-refractivity contribution >= 4 is 45.1 Å². The van der Waals surface area contributed by atoms with Crippen LogP contribution in [-0.4, -0.2) is 31.2 Å². The van der Waals surface area contributed by atoms with Gasteiger partial charge in [-0.2, -0.15) is 4.98 Å². The molecule has 1 aromatic carbocycles. The van der Waals surface area contributed by atoms with E-state index in [1.807, 2.05) is 45.0 Å². The van der Waals surface area contributed by atoms with Gasteiger partial charge < -0.3 is 5.32 Å². The van der Waals surface area contributed by atoms with Gasteiger partial charge in [-0.15, -0.1) is 5.10 Å². The lowest BCUT2D eigenvalue weighted by Crippen LogP contribution is -2.14. The molecule has 0 aliphatic heterocycles. The van der Waals surface area contributed by atoms with E-state index >= 15 is 0 Å². The molecule has 1 N–H and O–H groups in total. The molecule has 1 amide bonds. The number of amides is 1. The van der Waals surface area contributed by atoms with Crippen LogP contribution in [0.5, 0.6) is 0 Å². The van der Waals surface area contributed by atoms with Crippen LogP contribution in [0.1, 0.15) is 17.0 Å². The second-order valence-electron chi connectivity index (χ2n) is 5.44. The smallest absolute Gasteiger partial charge is 0.253 e. The van der Waals surface area contributed by atoms with E-state index in [1.54, 1.807) is 4.52 Å². The van der Waals surface area contributed by atoms with E-state index < -0.39 is 0 Å². The summed E-state index contributed by atoms with van der Waals surface area (Å²) in [5.74, 6) is 0.703. The molecule has 124 valence electrons. The Morgan fingerprint density at radius 2 is 2.04 bits per heavy atom. The van der Waals surface area contributed by atoms with Crippen molar-refractivity contribution in [1.29, 1.82) is 0 Å². The number of carbonyl (C=O) groups is 1. The number of nitrogens with zero attached hydrogens (tertiary/aromatic N) is 4. The predicted molar refractivity (Wildman–Crippen MR) is 98.5 cm³/mol. The zero-order valence-electron chi connectivity index (χ0n) is 13.5. The Labute approximate surface area is 152 Å². The molecular weight excluding hydrogens is 390 g/mol. The first-order valence-corrected chi connectivity index (χ1v) is 9.10. The fourth-order valence-electron chi connectivity index (χ4n) is 2.29. The fraction of sp³-hybridized carbons (Fsp3) is 0.250. The maximum absolute atomic E-state index is 12.1. The molecule has 8 heteroatoms. The van der Waals surface area contributed by atoms with Gasteiger partial charge in [0.25, 0.3) is 5.78 Å². The molecule has 0 aliphatic carbocycles. The molecular formula is C16H16BrN5OS. The number of thioether (sulfide) groups is 1. The number of benzene rings is 1. The van der Waals surface area contributed by atoms with Crippen LogP contribution in [0.15, 0.2) is 33.9 Å². The van der Waals surface area contributed by atoms with Gasteiger partial charge in [0.05, 0.1) is 5.75 Å². The van der Waals surface area contributed by atoms with Crippen molar-refractivity contribution in [2.45, 2.75) is 25.9 Å². The van der Waals surface area contributed by atoms with Gasteiger partial charge in [-0.3, -0.25) is 4.79 Å². The quantitative estimate of drug-likeness (QED) is 0.671. The largest absolute Gasteiger partial charge is 0.325 e. The molecule has 0 saturated heterocycles. The second kappa shape index (κ2) is 6.90. The molecule has 6 nitrogen and oxygen atoms in total. The summed E-state index contributed by atoms with van der Waals surface area (Å²) in [4.78, 5) is 20.8. The fourth-order valence-corrected chi connectivity index (χ4v) is 3.39. The van der Waals surface area contributed by atoms with Gasteiger partial charge in [0.15, 0.2) is 0 Å². The molecule has 3 rings (SSSR count). The number of halogens is 1. The van der Waals surface area contributed by atoms with E-state index in [4.69, 9.17) is 0 Å². The maximum Gasteiger partial charge on any atom is 0.253 e. The predicted octanol–water partition coefficient (Wildman–Crippen LogP) is 3.54. The van der Waals surface area contributed by atoms with E-state index in [0.29, 0.717) is 10.9 Å². The summed E-state index contributed by atoms with van der Waals surface area (Å²) in [6.45, 7) is 5.82. The van der Waals surface area contributed by atoms with Gasteiger partial charge >= 0.3 is 0 Å². The first-order valence-electron chi connectivity index (χ1n) is 7.32. The Bertz CT molecular complexity index is 924. The van der Waals surface area contributed by atoms with Crippen LogP contribution in [-0.2, 0) is 4.79 Å². The lowest BCUT2D eigenvalue weighted by molar-refractivity contribution is -0.113. The minimum absolute atomic E-state index is 0.0925. The van der Waals surface area contributed by atoms with Gasteiger partial charge in [0, 0.05) is 21.5 Å². The number of hydrogen-bond donors (Lipinski definition) is 1. The summed E-state index contributed by atoms with van der Waals surface area (Å²) in [6.07, 6.45) is 0. The normalized spacial score (nSPS) is 11.0. The Kier molecular flexibility index (Phi) is 4.86. The molecule has 0 radical (unpaired) electrons. The highest BCUT2D eigenvalue weighted by Crippen LogP contribution is 2.21. The third-order valence-corrected chi connectivity index (χ3v) is 4.72. The van der Waals surface area contributed by atoms with Crippen LogP contribution in [0.4, 0.5) is 5.69 Å². The van der Waals surface area contributed by atoms with E-state index in [-0.39, 0.29) is 11.7 Å². The molecule has 24 heavy (non-hydrogen) atoms. The van der Waals surface area contributed by atoms with Gasteiger partial charge in [-0.1, -0.05) is 27.7 Å². The summed E-state index contributed by atoms with van der Waals surface area (Å²) in [5.41, 5.74) is 3.67. The van der Waals surface area contributed by atoms with Crippen LogP contribution in [0.3, 0.4) is 0 Å². The molecule has 0 atom stereocenters. The van der Waals surface area contributed by atoms with Crippen molar-refractivity contribution in [3.63, 3.8) is 0 Å². The highest BCUT2D eigenvalue weighted by molar-refractivity contribution is 9.10. The second-order valence-corrected chi connectivity index (χ2v) is 7.30. The first kappa shape index (κ1) is 16.9. The first-order chi connectivity index (χ1) is 11.4. The molecule has 3 aromatic rings. The summed E-state index contributed by atoms with van der Waals surface area (Å²) in [5, 5.41) is 7.83. The monoisotopic (exact) mass is 405 g/mol. The van der Waals surface area contributed by atoms with Crippen molar-refractivity contribution in [2.24, 2.45) is 0 Å². The number of anilines is 1. The molecule has 0 unspecified atom stereocenters. The standard InChI is InChI=1S/C16H16BrN5OS/c1-9-6-12(17)4-5-13(9)19-14(23)8-24-16-20-15-18-10(2)7-11(3)22(15)21-16/h4-7H,8H2,1-3H3,(H,19,23). The van der Waals surface area contributed by atoms with Crippen molar-refractivity contribution < 1.29 is 4.79 Å². The summed E-state index contributed by atoms with van der Waals surface area (Å²) >= 11 is 4.70. The molecule has 2 aromatic heterocycles. The molecule has 0 fully saturated rings. The van der Waals surface area contributed by atoms with Crippen molar-refractivity contribution in [2.75, 3.05) is 11.1 Å². The highest BCUT2D eigenvalue weighted by atomic mass is 79.9. The number of aromatic nitrogens is 4. The van der Waals surface area contributed by atoms with Crippen molar-refractivity contribution in [3.05, 3.63) is 45.7 Å². The number of carbonyl (C=O) groups excluding carboxylic acids is 1. The molecule has 0 saturated carbocycles. The van der Waals surface area contributed by atoms with Gasteiger partial charge in [0.1, 0.15) is 0 Å². The van der Waals surface area contributed by atoms with Gasteiger partial charge in [-0.25, -0.2) is 9.50 Å². The third-order valence-electron chi connectivity index (χ3n) is 3.39. The highest BCUT2D eigenvalue weighted by Gasteiger charge is 2.11.